The zero-order valence-electron chi connectivity index (χ0n) is 11.2. The molecule has 1 atom stereocenters. The quantitative estimate of drug-likeness (QED) is 0.865. The molecule has 0 amide bonds. The Morgan fingerprint density at radius 3 is 2.67 bits per heavy atom. The molecule has 0 radical (unpaired) electrons. The minimum Gasteiger partial charge on any atom is -0.389 e. The van der Waals surface area contributed by atoms with Crippen molar-refractivity contribution in [2.75, 3.05) is 18.0 Å². The molecule has 0 aromatic heterocycles. The van der Waals surface area contributed by atoms with Crippen LogP contribution < -0.4 is 4.90 Å². The van der Waals surface area contributed by atoms with Crippen molar-refractivity contribution in [1.29, 1.82) is 0 Å². The zero-order valence-corrected chi connectivity index (χ0v) is 11.2. The van der Waals surface area contributed by atoms with Gasteiger partial charge in [0.15, 0.2) is 0 Å². The highest BCUT2D eigenvalue weighted by atomic mass is 19.1. The summed E-state index contributed by atoms with van der Waals surface area (Å²) in [4.78, 5) is 2.07. The first-order valence-electron chi connectivity index (χ1n) is 6.85. The van der Waals surface area contributed by atoms with Crippen molar-refractivity contribution in [3.63, 3.8) is 0 Å². The molecule has 18 heavy (non-hydrogen) atoms. The van der Waals surface area contributed by atoms with E-state index in [9.17, 15) is 9.50 Å². The summed E-state index contributed by atoms with van der Waals surface area (Å²) in [5, 5.41) is 9.79. The molecule has 2 nitrogen and oxygen atoms in total. The fourth-order valence-corrected chi connectivity index (χ4v) is 2.57. The molecular weight excluding hydrogens is 229 g/mol. The average Bonchev–Trinajstić information content (AvgIpc) is 2.28. The van der Waals surface area contributed by atoms with Gasteiger partial charge in [-0.25, -0.2) is 4.39 Å². The van der Waals surface area contributed by atoms with Crippen molar-refractivity contribution in [3.8, 4) is 0 Å². The highest BCUT2D eigenvalue weighted by Crippen LogP contribution is 2.33. The van der Waals surface area contributed by atoms with Gasteiger partial charge in [-0.3, -0.25) is 0 Å². The number of hydrogen-bond acceptors (Lipinski definition) is 2. The molecule has 100 valence electrons. The summed E-state index contributed by atoms with van der Waals surface area (Å²) in [6, 6.07) is 4.95. The van der Waals surface area contributed by atoms with Crippen LogP contribution in [0.1, 0.15) is 44.8 Å². The van der Waals surface area contributed by atoms with Gasteiger partial charge in [-0.15, -0.1) is 0 Å². The molecular formula is C15H22FNO. The third-order valence-corrected chi connectivity index (χ3v) is 3.87. The first-order valence-corrected chi connectivity index (χ1v) is 6.85. The summed E-state index contributed by atoms with van der Waals surface area (Å²) in [5.74, 6) is 0.459. The molecule has 2 rings (SSSR count). The molecule has 1 fully saturated rings. The summed E-state index contributed by atoms with van der Waals surface area (Å²) >= 11 is 0. The van der Waals surface area contributed by atoms with E-state index in [4.69, 9.17) is 0 Å². The molecule has 1 aromatic carbocycles. The Kier molecular flexibility index (Phi) is 4.23. The Morgan fingerprint density at radius 1 is 1.44 bits per heavy atom. The maximum atomic E-state index is 14.1. The molecule has 1 aromatic rings. The van der Waals surface area contributed by atoms with Crippen molar-refractivity contribution >= 4 is 5.69 Å². The average molecular weight is 251 g/mol. The second-order valence-corrected chi connectivity index (χ2v) is 5.19. The van der Waals surface area contributed by atoms with Gasteiger partial charge in [0, 0.05) is 18.7 Å². The lowest BCUT2D eigenvalue weighted by atomic mass is 9.85. The molecule has 1 aliphatic rings. The molecule has 1 aliphatic carbocycles. The van der Waals surface area contributed by atoms with Gasteiger partial charge in [-0.2, -0.15) is 0 Å². The lowest BCUT2D eigenvalue weighted by Crippen LogP contribution is -2.33. The smallest absolute Gasteiger partial charge is 0.146 e. The van der Waals surface area contributed by atoms with Crippen LogP contribution in [-0.2, 0) is 0 Å². The minimum atomic E-state index is -0.633. The Morgan fingerprint density at radius 2 is 2.17 bits per heavy atom. The first-order chi connectivity index (χ1) is 8.63. The van der Waals surface area contributed by atoms with E-state index in [2.05, 4.69) is 4.90 Å². The maximum absolute atomic E-state index is 14.1. The summed E-state index contributed by atoms with van der Waals surface area (Å²) < 4.78 is 14.1. The van der Waals surface area contributed by atoms with Gasteiger partial charge in [-0.05, 0) is 38.7 Å². The highest BCUT2D eigenvalue weighted by Gasteiger charge is 2.24. The van der Waals surface area contributed by atoms with E-state index in [1.54, 1.807) is 13.0 Å². The van der Waals surface area contributed by atoms with Crippen molar-refractivity contribution in [2.24, 2.45) is 5.92 Å². The van der Waals surface area contributed by atoms with Gasteiger partial charge in [0.05, 0.1) is 11.8 Å². The number of anilines is 1. The van der Waals surface area contributed by atoms with Gasteiger partial charge in [0.25, 0.3) is 0 Å². The van der Waals surface area contributed by atoms with E-state index >= 15 is 0 Å². The third-order valence-electron chi connectivity index (χ3n) is 3.87. The lowest BCUT2D eigenvalue weighted by Gasteiger charge is -2.34. The van der Waals surface area contributed by atoms with Gasteiger partial charge in [0.1, 0.15) is 5.82 Å². The summed E-state index contributed by atoms with van der Waals surface area (Å²) in [6.45, 7) is 5.40. The van der Waals surface area contributed by atoms with Crippen LogP contribution in [0.15, 0.2) is 18.2 Å². The van der Waals surface area contributed by atoms with E-state index in [1.807, 2.05) is 13.0 Å². The molecule has 0 heterocycles. The monoisotopic (exact) mass is 251 g/mol. The Labute approximate surface area is 108 Å². The molecule has 0 bridgehead atoms. The molecule has 1 unspecified atom stereocenters. The van der Waals surface area contributed by atoms with Crippen molar-refractivity contribution in [3.05, 3.63) is 29.6 Å². The SMILES string of the molecule is CCN(CC1CCC1)c1c(F)cccc1C(C)O. The molecule has 1 saturated carbocycles. The number of benzene rings is 1. The number of halogens is 1. The topological polar surface area (TPSA) is 23.5 Å². The number of nitrogens with zero attached hydrogens (tertiary/aromatic N) is 1. The van der Waals surface area contributed by atoms with Gasteiger partial charge in [-0.1, -0.05) is 18.6 Å². The van der Waals surface area contributed by atoms with E-state index in [0.717, 1.165) is 13.1 Å². The Bertz CT molecular complexity index is 401. The summed E-state index contributed by atoms with van der Waals surface area (Å²) in [6.07, 6.45) is 3.15. The predicted molar refractivity (Wildman–Crippen MR) is 72.3 cm³/mol. The van der Waals surface area contributed by atoms with Crippen LogP contribution in [0.25, 0.3) is 0 Å². The molecule has 0 spiro atoms. The minimum absolute atomic E-state index is 0.227. The van der Waals surface area contributed by atoms with E-state index in [0.29, 0.717) is 17.2 Å². The standard InChI is InChI=1S/C15H22FNO/c1-3-17(10-12-6-4-7-12)15-13(11(2)18)8-5-9-14(15)16/h5,8-9,11-12,18H,3-4,6-7,10H2,1-2H3. The van der Waals surface area contributed by atoms with Gasteiger partial charge in [0.2, 0.25) is 0 Å². The molecule has 0 saturated heterocycles. The van der Waals surface area contributed by atoms with Crippen LogP contribution in [0.2, 0.25) is 0 Å². The normalized spacial score (nSPS) is 17.3. The number of aliphatic hydroxyl groups is 1. The van der Waals surface area contributed by atoms with Crippen LogP contribution in [0.4, 0.5) is 10.1 Å². The molecule has 0 aliphatic heterocycles. The predicted octanol–water partition coefficient (Wildman–Crippen LogP) is 3.51. The van der Waals surface area contributed by atoms with Crippen molar-refractivity contribution in [2.45, 2.75) is 39.2 Å². The van der Waals surface area contributed by atoms with Crippen molar-refractivity contribution in [1.82, 2.24) is 0 Å². The van der Waals surface area contributed by atoms with E-state index in [-0.39, 0.29) is 5.82 Å². The van der Waals surface area contributed by atoms with Crippen LogP contribution in [0.3, 0.4) is 0 Å². The van der Waals surface area contributed by atoms with Gasteiger partial charge >= 0.3 is 0 Å². The van der Waals surface area contributed by atoms with E-state index in [1.165, 1.54) is 25.3 Å². The second-order valence-electron chi connectivity index (χ2n) is 5.19. The lowest BCUT2D eigenvalue weighted by molar-refractivity contribution is 0.199. The van der Waals surface area contributed by atoms with Crippen LogP contribution in [-0.4, -0.2) is 18.2 Å². The number of aliphatic hydroxyl groups excluding tert-OH is 1. The first kappa shape index (κ1) is 13.3. The fraction of sp³-hybridized carbons (Fsp3) is 0.600. The fourth-order valence-electron chi connectivity index (χ4n) is 2.57. The highest BCUT2D eigenvalue weighted by molar-refractivity contribution is 5.55. The zero-order chi connectivity index (χ0) is 13.1. The van der Waals surface area contributed by atoms with Crippen LogP contribution >= 0.6 is 0 Å². The van der Waals surface area contributed by atoms with Gasteiger partial charge < -0.3 is 10.0 Å². The Hall–Kier alpha value is -1.09. The van der Waals surface area contributed by atoms with E-state index < -0.39 is 6.10 Å². The molecule has 1 N–H and O–H groups in total. The number of rotatable bonds is 5. The largest absolute Gasteiger partial charge is 0.389 e. The summed E-state index contributed by atoms with van der Waals surface area (Å²) in [5.41, 5.74) is 1.28. The van der Waals surface area contributed by atoms with Crippen LogP contribution in [0.5, 0.6) is 0 Å². The maximum Gasteiger partial charge on any atom is 0.146 e. The number of para-hydroxylation sites is 1. The molecule has 3 heteroatoms. The Balaban J connectivity index is 2.27. The second kappa shape index (κ2) is 5.70. The third kappa shape index (κ3) is 2.66. The van der Waals surface area contributed by atoms with Crippen molar-refractivity contribution < 1.29 is 9.50 Å². The van der Waals surface area contributed by atoms with Crippen LogP contribution in [0, 0.1) is 11.7 Å². The summed E-state index contributed by atoms with van der Waals surface area (Å²) in [7, 11) is 0. The number of hydrogen-bond donors (Lipinski definition) is 1.